The number of likely N-dealkylation sites (tertiary alicyclic amines) is 1. The maximum Gasteiger partial charge on any atom is 0.253 e. The molecule has 0 saturated carbocycles. The molecule has 0 unspecified atom stereocenters. The maximum atomic E-state index is 12.0. The number of carbonyl (C=O) groups excluding carboxylic acids is 2. The van der Waals surface area contributed by atoms with Gasteiger partial charge in [-0.2, -0.15) is 0 Å². The Kier molecular flexibility index (Phi) is 4.84. The second-order valence-electron chi connectivity index (χ2n) is 4.83. The van der Waals surface area contributed by atoms with E-state index in [1.54, 1.807) is 23.1 Å². The van der Waals surface area contributed by atoms with E-state index in [0.29, 0.717) is 10.6 Å². The monoisotopic (exact) mass is 295 g/mol. The first-order chi connectivity index (χ1) is 9.59. The van der Waals surface area contributed by atoms with E-state index in [2.05, 4.69) is 5.32 Å². The van der Waals surface area contributed by atoms with Crippen molar-refractivity contribution in [3.63, 3.8) is 0 Å². The average Bonchev–Trinajstić information content (AvgIpc) is 2.48. The molecule has 0 radical (unpaired) electrons. The van der Waals surface area contributed by atoms with E-state index < -0.39 is 0 Å². The lowest BCUT2D eigenvalue weighted by Crippen LogP contribution is -2.42. The molecule has 1 aliphatic rings. The van der Waals surface area contributed by atoms with Gasteiger partial charge in [0.05, 0.1) is 22.8 Å². The molecule has 20 heavy (non-hydrogen) atoms. The van der Waals surface area contributed by atoms with E-state index in [1.165, 1.54) is 0 Å². The first-order valence-electron chi connectivity index (χ1n) is 6.69. The summed E-state index contributed by atoms with van der Waals surface area (Å²) < 4.78 is 0. The standard InChI is InChI=1S/C14H18ClN3O2/c15-11-6-4-5-10(13(11)16)14(20)17-9-12(19)18-7-2-1-3-8-18/h4-6H,1-3,7-9,16H2,(H,17,20). The molecule has 1 aromatic rings. The molecular formula is C14H18ClN3O2. The van der Waals surface area contributed by atoms with Gasteiger partial charge in [0, 0.05) is 13.1 Å². The van der Waals surface area contributed by atoms with Gasteiger partial charge in [0.15, 0.2) is 0 Å². The quantitative estimate of drug-likeness (QED) is 0.833. The Labute approximate surface area is 123 Å². The summed E-state index contributed by atoms with van der Waals surface area (Å²) in [5.41, 5.74) is 6.27. The Bertz CT molecular complexity index is 513. The molecule has 1 saturated heterocycles. The van der Waals surface area contributed by atoms with Crippen molar-refractivity contribution in [2.75, 3.05) is 25.4 Å². The zero-order valence-electron chi connectivity index (χ0n) is 11.2. The third-order valence-corrected chi connectivity index (χ3v) is 3.74. The minimum atomic E-state index is -0.379. The van der Waals surface area contributed by atoms with E-state index in [9.17, 15) is 9.59 Å². The number of benzene rings is 1. The fourth-order valence-electron chi connectivity index (χ4n) is 2.24. The number of halogens is 1. The number of hydrogen-bond acceptors (Lipinski definition) is 3. The minimum Gasteiger partial charge on any atom is -0.397 e. The summed E-state index contributed by atoms with van der Waals surface area (Å²) in [6.07, 6.45) is 3.22. The third kappa shape index (κ3) is 3.42. The summed E-state index contributed by atoms with van der Waals surface area (Å²) >= 11 is 5.86. The molecule has 6 heteroatoms. The molecule has 2 rings (SSSR count). The lowest BCUT2D eigenvalue weighted by Gasteiger charge is -2.26. The number of piperidine rings is 1. The lowest BCUT2D eigenvalue weighted by molar-refractivity contribution is -0.130. The van der Waals surface area contributed by atoms with Crippen LogP contribution in [0.2, 0.25) is 5.02 Å². The van der Waals surface area contributed by atoms with Gasteiger partial charge < -0.3 is 16.0 Å². The third-order valence-electron chi connectivity index (χ3n) is 3.41. The molecule has 1 aromatic carbocycles. The van der Waals surface area contributed by atoms with Crippen LogP contribution in [0.5, 0.6) is 0 Å². The summed E-state index contributed by atoms with van der Waals surface area (Å²) in [6.45, 7) is 1.53. The number of nitrogens with one attached hydrogen (secondary N) is 1. The van der Waals surface area contributed by atoms with Gasteiger partial charge in [-0.15, -0.1) is 0 Å². The Hall–Kier alpha value is -1.75. The molecule has 1 heterocycles. The van der Waals surface area contributed by atoms with Crippen LogP contribution < -0.4 is 11.1 Å². The summed E-state index contributed by atoms with van der Waals surface area (Å²) in [4.78, 5) is 25.7. The summed E-state index contributed by atoms with van der Waals surface area (Å²) in [5, 5.41) is 2.93. The predicted octanol–water partition coefficient (Wildman–Crippen LogP) is 1.66. The van der Waals surface area contributed by atoms with Gasteiger partial charge in [-0.05, 0) is 31.4 Å². The molecule has 0 spiro atoms. The van der Waals surface area contributed by atoms with Crippen LogP contribution >= 0.6 is 11.6 Å². The van der Waals surface area contributed by atoms with Gasteiger partial charge in [-0.3, -0.25) is 9.59 Å². The molecule has 1 aliphatic heterocycles. The first kappa shape index (κ1) is 14.7. The summed E-state index contributed by atoms with van der Waals surface area (Å²) in [6, 6.07) is 4.86. The van der Waals surface area contributed by atoms with Crippen LogP contribution in [0.4, 0.5) is 5.69 Å². The number of rotatable bonds is 3. The van der Waals surface area contributed by atoms with Crippen LogP contribution in [0.3, 0.4) is 0 Å². The van der Waals surface area contributed by atoms with Gasteiger partial charge in [-0.1, -0.05) is 17.7 Å². The molecule has 2 amide bonds. The molecule has 0 aliphatic carbocycles. The van der Waals surface area contributed by atoms with Crippen LogP contribution in [-0.2, 0) is 4.79 Å². The molecule has 0 atom stereocenters. The van der Waals surface area contributed by atoms with Gasteiger partial charge in [0.1, 0.15) is 0 Å². The van der Waals surface area contributed by atoms with E-state index in [-0.39, 0.29) is 24.0 Å². The molecule has 5 nitrogen and oxygen atoms in total. The topological polar surface area (TPSA) is 75.4 Å². The number of nitrogen functional groups attached to an aromatic ring is 1. The van der Waals surface area contributed by atoms with Gasteiger partial charge in [0.2, 0.25) is 5.91 Å². The highest BCUT2D eigenvalue weighted by atomic mass is 35.5. The van der Waals surface area contributed by atoms with Crippen molar-refractivity contribution < 1.29 is 9.59 Å². The predicted molar refractivity (Wildman–Crippen MR) is 78.6 cm³/mol. The fraction of sp³-hybridized carbons (Fsp3) is 0.429. The SMILES string of the molecule is Nc1c(Cl)cccc1C(=O)NCC(=O)N1CCCCC1. The zero-order valence-corrected chi connectivity index (χ0v) is 11.9. The number of hydrogen-bond donors (Lipinski definition) is 2. The molecule has 108 valence electrons. The number of nitrogens with two attached hydrogens (primary N) is 1. The highest BCUT2D eigenvalue weighted by Gasteiger charge is 2.18. The van der Waals surface area contributed by atoms with Crippen molar-refractivity contribution in [3.8, 4) is 0 Å². The molecule has 3 N–H and O–H groups in total. The van der Waals surface area contributed by atoms with Crippen molar-refractivity contribution in [1.29, 1.82) is 0 Å². The summed E-state index contributed by atoms with van der Waals surface area (Å²) in [5.74, 6) is -0.436. The fourth-order valence-corrected chi connectivity index (χ4v) is 2.42. The first-order valence-corrected chi connectivity index (χ1v) is 7.07. The molecule has 0 aromatic heterocycles. The smallest absolute Gasteiger partial charge is 0.253 e. The largest absolute Gasteiger partial charge is 0.397 e. The zero-order chi connectivity index (χ0) is 14.5. The number of para-hydroxylation sites is 1. The second-order valence-corrected chi connectivity index (χ2v) is 5.23. The van der Waals surface area contributed by atoms with Crippen LogP contribution in [0.15, 0.2) is 18.2 Å². The van der Waals surface area contributed by atoms with Crippen LogP contribution in [-0.4, -0.2) is 36.3 Å². The molecule has 1 fully saturated rings. The highest BCUT2D eigenvalue weighted by Crippen LogP contribution is 2.22. The van der Waals surface area contributed by atoms with Crippen molar-refractivity contribution >= 4 is 29.1 Å². The van der Waals surface area contributed by atoms with E-state index in [0.717, 1.165) is 32.4 Å². The van der Waals surface area contributed by atoms with E-state index >= 15 is 0 Å². The molecule has 0 bridgehead atoms. The van der Waals surface area contributed by atoms with Crippen LogP contribution in [0, 0.1) is 0 Å². The number of carbonyl (C=O) groups is 2. The Balaban J connectivity index is 1.91. The van der Waals surface area contributed by atoms with Crippen molar-refractivity contribution in [2.24, 2.45) is 0 Å². The normalized spacial score (nSPS) is 14.9. The maximum absolute atomic E-state index is 12.0. The summed E-state index contributed by atoms with van der Waals surface area (Å²) in [7, 11) is 0. The Morgan fingerprint density at radius 2 is 1.95 bits per heavy atom. The number of amides is 2. The van der Waals surface area contributed by atoms with Gasteiger partial charge >= 0.3 is 0 Å². The second kappa shape index (κ2) is 6.61. The van der Waals surface area contributed by atoms with Crippen LogP contribution in [0.1, 0.15) is 29.6 Å². The van der Waals surface area contributed by atoms with Gasteiger partial charge in [-0.25, -0.2) is 0 Å². The van der Waals surface area contributed by atoms with E-state index in [1.807, 2.05) is 0 Å². The van der Waals surface area contributed by atoms with Crippen molar-refractivity contribution in [1.82, 2.24) is 10.2 Å². The van der Waals surface area contributed by atoms with E-state index in [4.69, 9.17) is 17.3 Å². The van der Waals surface area contributed by atoms with Crippen molar-refractivity contribution in [3.05, 3.63) is 28.8 Å². The minimum absolute atomic E-state index is 0.00914. The Morgan fingerprint density at radius 1 is 1.25 bits per heavy atom. The van der Waals surface area contributed by atoms with Crippen molar-refractivity contribution in [2.45, 2.75) is 19.3 Å². The van der Waals surface area contributed by atoms with Gasteiger partial charge in [0.25, 0.3) is 5.91 Å². The average molecular weight is 296 g/mol. The Morgan fingerprint density at radius 3 is 2.65 bits per heavy atom. The highest BCUT2D eigenvalue weighted by molar-refractivity contribution is 6.33. The number of nitrogens with zero attached hydrogens (tertiary/aromatic N) is 1. The molecular weight excluding hydrogens is 278 g/mol. The van der Waals surface area contributed by atoms with Crippen LogP contribution in [0.25, 0.3) is 0 Å². The lowest BCUT2D eigenvalue weighted by atomic mass is 10.1. The number of anilines is 1.